The zero-order chi connectivity index (χ0) is 13.1. The summed E-state index contributed by atoms with van der Waals surface area (Å²) < 4.78 is 1.85. The van der Waals surface area contributed by atoms with Crippen molar-refractivity contribution in [2.24, 2.45) is 0 Å². The topological polar surface area (TPSA) is 55.2 Å². The molecular formula is C11H8Br2N2O2S. The van der Waals surface area contributed by atoms with Crippen LogP contribution in [-0.4, -0.2) is 4.92 Å². The van der Waals surface area contributed by atoms with Crippen molar-refractivity contribution in [3.8, 4) is 0 Å². The molecule has 1 N–H and O–H groups in total. The zero-order valence-corrected chi connectivity index (χ0v) is 13.0. The van der Waals surface area contributed by atoms with Gasteiger partial charge in [0, 0.05) is 26.0 Å². The first-order valence-electron chi connectivity index (χ1n) is 4.97. The SMILES string of the molecule is O=[N+]([O-])c1ccc(Br)c(NCc2sccc2Br)c1. The first kappa shape index (κ1) is 13.5. The van der Waals surface area contributed by atoms with E-state index in [1.54, 1.807) is 17.4 Å². The summed E-state index contributed by atoms with van der Waals surface area (Å²) in [4.78, 5) is 11.5. The highest BCUT2D eigenvalue weighted by atomic mass is 79.9. The Morgan fingerprint density at radius 3 is 2.67 bits per heavy atom. The number of nitrogens with one attached hydrogen (secondary N) is 1. The van der Waals surface area contributed by atoms with Crippen molar-refractivity contribution in [1.82, 2.24) is 0 Å². The van der Waals surface area contributed by atoms with Crippen LogP contribution in [0.2, 0.25) is 0 Å². The molecule has 0 saturated heterocycles. The van der Waals surface area contributed by atoms with Gasteiger partial charge in [-0.25, -0.2) is 0 Å². The Balaban J connectivity index is 2.16. The molecule has 0 aliphatic rings. The maximum Gasteiger partial charge on any atom is 0.271 e. The number of nitro groups is 1. The predicted octanol–water partition coefficient (Wildman–Crippen LogP) is 4.79. The number of hydrogen-bond acceptors (Lipinski definition) is 4. The molecule has 1 heterocycles. The van der Waals surface area contributed by atoms with E-state index in [0.29, 0.717) is 12.2 Å². The van der Waals surface area contributed by atoms with Crippen LogP contribution in [0.5, 0.6) is 0 Å². The quantitative estimate of drug-likeness (QED) is 0.601. The van der Waals surface area contributed by atoms with Crippen molar-refractivity contribution in [1.29, 1.82) is 0 Å². The minimum atomic E-state index is -0.404. The molecule has 2 aromatic rings. The molecule has 0 fully saturated rings. The fourth-order valence-electron chi connectivity index (χ4n) is 1.39. The van der Waals surface area contributed by atoms with Crippen molar-refractivity contribution in [2.75, 3.05) is 5.32 Å². The lowest BCUT2D eigenvalue weighted by Crippen LogP contribution is -1.99. The number of nitro benzene ring substituents is 1. The molecular weight excluding hydrogens is 384 g/mol. The van der Waals surface area contributed by atoms with E-state index in [4.69, 9.17) is 0 Å². The third kappa shape index (κ3) is 3.09. The minimum absolute atomic E-state index is 0.0749. The van der Waals surface area contributed by atoms with Gasteiger partial charge in [0.2, 0.25) is 0 Å². The smallest absolute Gasteiger partial charge is 0.271 e. The van der Waals surface area contributed by atoms with Crippen LogP contribution in [0.15, 0.2) is 38.6 Å². The Morgan fingerprint density at radius 2 is 2.06 bits per heavy atom. The van der Waals surface area contributed by atoms with Crippen molar-refractivity contribution >= 4 is 54.6 Å². The van der Waals surface area contributed by atoms with E-state index in [0.717, 1.165) is 13.8 Å². The van der Waals surface area contributed by atoms with Gasteiger partial charge in [0.05, 0.1) is 17.2 Å². The second-order valence-corrected chi connectivity index (χ2v) is 6.18. The summed E-state index contributed by atoms with van der Waals surface area (Å²) in [5.41, 5.74) is 0.787. The monoisotopic (exact) mass is 390 g/mol. The number of hydrogen-bond donors (Lipinski definition) is 1. The van der Waals surface area contributed by atoms with E-state index >= 15 is 0 Å². The summed E-state index contributed by atoms with van der Waals surface area (Å²) in [5, 5.41) is 15.9. The van der Waals surface area contributed by atoms with Crippen LogP contribution in [0.4, 0.5) is 11.4 Å². The van der Waals surface area contributed by atoms with Gasteiger partial charge in [-0.1, -0.05) is 0 Å². The molecule has 2 rings (SSSR count). The lowest BCUT2D eigenvalue weighted by Gasteiger charge is -2.07. The summed E-state index contributed by atoms with van der Waals surface area (Å²) in [7, 11) is 0. The predicted molar refractivity (Wildman–Crippen MR) is 80.1 cm³/mol. The first-order valence-corrected chi connectivity index (χ1v) is 7.44. The van der Waals surface area contributed by atoms with Crippen LogP contribution in [-0.2, 0) is 6.54 Å². The number of nitrogens with zero attached hydrogens (tertiary/aromatic N) is 1. The van der Waals surface area contributed by atoms with Gasteiger partial charge in [-0.15, -0.1) is 11.3 Å². The van der Waals surface area contributed by atoms with Gasteiger partial charge in [-0.3, -0.25) is 10.1 Å². The molecule has 0 aliphatic heterocycles. The van der Waals surface area contributed by atoms with Gasteiger partial charge in [0.25, 0.3) is 5.69 Å². The molecule has 0 atom stereocenters. The molecule has 7 heteroatoms. The molecule has 0 amide bonds. The zero-order valence-electron chi connectivity index (χ0n) is 9.02. The van der Waals surface area contributed by atoms with Crippen LogP contribution in [0.3, 0.4) is 0 Å². The highest BCUT2D eigenvalue weighted by Gasteiger charge is 2.10. The van der Waals surface area contributed by atoms with Gasteiger partial charge in [-0.05, 0) is 49.4 Å². The lowest BCUT2D eigenvalue weighted by molar-refractivity contribution is -0.384. The summed E-state index contributed by atoms with van der Waals surface area (Å²) in [6.07, 6.45) is 0. The molecule has 4 nitrogen and oxygen atoms in total. The fraction of sp³-hybridized carbons (Fsp3) is 0.0909. The van der Waals surface area contributed by atoms with Gasteiger partial charge < -0.3 is 5.32 Å². The molecule has 18 heavy (non-hydrogen) atoms. The minimum Gasteiger partial charge on any atom is -0.379 e. The summed E-state index contributed by atoms with van der Waals surface area (Å²) in [6.45, 7) is 0.623. The molecule has 1 aromatic heterocycles. The number of benzene rings is 1. The Hall–Kier alpha value is -0.920. The lowest BCUT2D eigenvalue weighted by atomic mass is 10.3. The molecule has 0 aliphatic carbocycles. The Morgan fingerprint density at radius 1 is 1.28 bits per heavy atom. The number of thiophene rings is 1. The van der Waals surface area contributed by atoms with E-state index in [-0.39, 0.29) is 5.69 Å². The number of halogens is 2. The Labute approximate surface area is 124 Å². The van der Waals surface area contributed by atoms with Crippen LogP contribution in [0.25, 0.3) is 0 Å². The van der Waals surface area contributed by atoms with Crippen LogP contribution < -0.4 is 5.32 Å². The van der Waals surface area contributed by atoms with Crippen molar-refractivity contribution in [3.63, 3.8) is 0 Å². The number of anilines is 1. The van der Waals surface area contributed by atoms with E-state index in [2.05, 4.69) is 37.2 Å². The normalized spacial score (nSPS) is 10.3. The van der Waals surface area contributed by atoms with Gasteiger partial charge in [0.1, 0.15) is 0 Å². The molecule has 94 valence electrons. The third-order valence-corrected chi connectivity index (χ3v) is 4.91. The molecule has 0 radical (unpaired) electrons. The Bertz CT molecular complexity index is 586. The Kier molecular flexibility index (Phi) is 4.36. The second-order valence-electron chi connectivity index (χ2n) is 3.47. The van der Waals surface area contributed by atoms with Crippen LogP contribution in [0.1, 0.15) is 4.88 Å². The molecule has 1 aromatic carbocycles. The largest absolute Gasteiger partial charge is 0.379 e. The highest BCUT2D eigenvalue weighted by Crippen LogP contribution is 2.29. The van der Waals surface area contributed by atoms with Crippen molar-refractivity contribution < 1.29 is 4.92 Å². The van der Waals surface area contributed by atoms with Gasteiger partial charge >= 0.3 is 0 Å². The third-order valence-electron chi connectivity index (χ3n) is 2.29. The van der Waals surface area contributed by atoms with E-state index in [1.807, 2.05) is 11.4 Å². The number of non-ortho nitro benzene ring substituents is 1. The summed E-state index contributed by atoms with van der Waals surface area (Å²) >= 11 is 8.44. The average molecular weight is 392 g/mol. The van der Waals surface area contributed by atoms with Crippen LogP contribution in [0, 0.1) is 10.1 Å². The molecule has 0 spiro atoms. The van der Waals surface area contributed by atoms with E-state index in [1.165, 1.54) is 12.1 Å². The van der Waals surface area contributed by atoms with Gasteiger partial charge in [-0.2, -0.15) is 0 Å². The first-order chi connectivity index (χ1) is 8.58. The maximum absolute atomic E-state index is 10.7. The van der Waals surface area contributed by atoms with Crippen molar-refractivity contribution in [3.05, 3.63) is 53.6 Å². The second kappa shape index (κ2) is 5.81. The highest BCUT2D eigenvalue weighted by molar-refractivity contribution is 9.11. The molecule has 0 bridgehead atoms. The molecule has 0 saturated carbocycles. The fourth-order valence-corrected chi connectivity index (χ4v) is 3.21. The van der Waals surface area contributed by atoms with Gasteiger partial charge in [0.15, 0.2) is 0 Å². The summed E-state index contributed by atoms with van der Waals surface area (Å²) in [6, 6.07) is 6.63. The van der Waals surface area contributed by atoms with Crippen LogP contribution >= 0.6 is 43.2 Å². The number of rotatable bonds is 4. The maximum atomic E-state index is 10.7. The molecule has 0 unspecified atom stereocenters. The standard InChI is InChI=1S/C11H8Br2N2O2S/c12-8-2-1-7(15(16)17)5-10(8)14-6-11-9(13)3-4-18-11/h1-5,14H,6H2. The van der Waals surface area contributed by atoms with E-state index < -0.39 is 4.92 Å². The summed E-state index contributed by atoms with van der Waals surface area (Å²) in [5.74, 6) is 0. The van der Waals surface area contributed by atoms with Crippen molar-refractivity contribution in [2.45, 2.75) is 6.54 Å². The van der Waals surface area contributed by atoms with E-state index in [9.17, 15) is 10.1 Å². The average Bonchev–Trinajstić information content (AvgIpc) is 2.73.